The molecule has 106 valence electrons. The van der Waals surface area contributed by atoms with Gasteiger partial charge in [-0.15, -0.1) is 0 Å². The standard InChI is InChI=1S/C17H14O4/c1-10-3-4-11(7-15(10)20-2)16-9-14(19)13-6-5-12(18)8-17(13)21-16/h3-9,18H,1-2H3. The Morgan fingerprint density at radius 2 is 1.90 bits per heavy atom. The summed E-state index contributed by atoms with van der Waals surface area (Å²) in [6.07, 6.45) is 0. The van der Waals surface area contributed by atoms with Gasteiger partial charge in [0.2, 0.25) is 0 Å². The van der Waals surface area contributed by atoms with E-state index in [0.29, 0.717) is 16.7 Å². The van der Waals surface area contributed by atoms with Gasteiger partial charge in [-0.05, 0) is 30.7 Å². The fourth-order valence-corrected chi connectivity index (χ4v) is 2.26. The van der Waals surface area contributed by atoms with Crippen LogP contribution in [0.1, 0.15) is 5.56 Å². The first-order valence-electron chi connectivity index (χ1n) is 6.50. The molecule has 0 saturated heterocycles. The Morgan fingerprint density at radius 1 is 1.10 bits per heavy atom. The maximum Gasteiger partial charge on any atom is 0.193 e. The van der Waals surface area contributed by atoms with Crippen LogP contribution >= 0.6 is 0 Å². The first-order valence-corrected chi connectivity index (χ1v) is 6.50. The monoisotopic (exact) mass is 282 g/mol. The van der Waals surface area contributed by atoms with E-state index in [-0.39, 0.29) is 11.2 Å². The minimum Gasteiger partial charge on any atom is -0.508 e. The van der Waals surface area contributed by atoms with Gasteiger partial charge < -0.3 is 14.3 Å². The number of fused-ring (bicyclic) bond motifs is 1. The van der Waals surface area contributed by atoms with Crippen LogP contribution in [0.25, 0.3) is 22.3 Å². The van der Waals surface area contributed by atoms with Gasteiger partial charge in [-0.3, -0.25) is 4.79 Å². The second kappa shape index (κ2) is 4.98. The molecular weight excluding hydrogens is 268 g/mol. The molecule has 3 rings (SSSR count). The smallest absolute Gasteiger partial charge is 0.193 e. The molecule has 1 heterocycles. The summed E-state index contributed by atoms with van der Waals surface area (Å²) in [5.74, 6) is 1.23. The van der Waals surface area contributed by atoms with Gasteiger partial charge >= 0.3 is 0 Å². The van der Waals surface area contributed by atoms with Gasteiger partial charge in [-0.1, -0.05) is 12.1 Å². The van der Waals surface area contributed by atoms with Crippen molar-refractivity contribution in [2.45, 2.75) is 6.92 Å². The average molecular weight is 282 g/mol. The normalized spacial score (nSPS) is 10.8. The minimum absolute atomic E-state index is 0.0595. The molecule has 0 aliphatic heterocycles. The van der Waals surface area contributed by atoms with Crippen LogP contribution in [-0.4, -0.2) is 12.2 Å². The molecule has 0 atom stereocenters. The van der Waals surface area contributed by atoms with Crippen LogP contribution in [-0.2, 0) is 0 Å². The van der Waals surface area contributed by atoms with Crippen molar-refractivity contribution in [1.82, 2.24) is 0 Å². The van der Waals surface area contributed by atoms with E-state index in [1.807, 2.05) is 25.1 Å². The van der Waals surface area contributed by atoms with Gasteiger partial charge in [0.15, 0.2) is 5.43 Å². The van der Waals surface area contributed by atoms with Gasteiger partial charge in [0.1, 0.15) is 22.8 Å². The summed E-state index contributed by atoms with van der Waals surface area (Å²) >= 11 is 0. The van der Waals surface area contributed by atoms with E-state index in [9.17, 15) is 9.90 Å². The number of benzene rings is 2. The number of phenols is 1. The molecule has 0 radical (unpaired) electrons. The molecule has 0 amide bonds. The summed E-state index contributed by atoms with van der Waals surface area (Å²) in [4.78, 5) is 12.1. The Balaban J connectivity index is 2.23. The first kappa shape index (κ1) is 13.2. The summed E-state index contributed by atoms with van der Waals surface area (Å²) in [5.41, 5.74) is 1.96. The SMILES string of the molecule is COc1cc(-c2cc(=O)c3ccc(O)cc3o2)ccc1C. The van der Waals surface area contributed by atoms with Crippen LogP contribution in [0.5, 0.6) is 11.5 Å². The number of rotatable bonds is 2. The van der Waals surface area contributed by atoms with Crippen LogP contribution in [0.3, 0.4) is 0 Å². The Bertz CT molecular complexity index is 878. The minimum atomic E-state index is -0.147. The number of methoxy groups -OCH3 is 1. The lowest BCUT2D eigenvalue weighted by Crippen LogP contribution is -2.00. The number of aryl methyl sites for hydroxylation is 1. The van der Waals surface area contributed by atoms with Crippen molar-refractivity contribution in [3.05, 3.63) is 58.3 Å². The number of ether oxygens (including phenoxy) is 1. The van der Waals surface area contributed by atoms with Gasteiger partial charge in [0.25, 0.3) is 0 Å². The molecule has 21 heavy (non-hydrogen) atoms. The van der Waals surface area contributed by atoms with Gasteiger partial charge in [0, 0.05) is 17.7 Å². The van der Waals surface area contributed by atoms with Gasteiger partial charge in [0.05, 0.1) is 12.5 Å². The predicted octanol–water partition coefficient (Wildman–Crippen LogP) is 3.48. The second-order valence-corrected chi connectivity index (χ2v) is 4.84. The van der Waals surface area contributed by atoms with Crippen molar-refractivity contribution in [3.63, 3.8) is 0 Å². The molecule has 0 spiro atoms. The van der Waals surface area contributed by atoms with Crippen molar-refractivity contribution in [1.29, 1.82) is 0 Å². The number of phenolic OH excluding ortho intramolecular Hbond substituents is 1. The van der Waals surface area contributed by atoms with Crippen LogP contribution in [0.4, 0.5) is 0 Å². The lowest BCUT2D eigenvalue weighted by atomic mass is 10.1. The first-order chi connectivity index (χ1) is 10.1. The van der Waals surface area contributed by atoms with E-state index < -0.39 is 0 Å². The third kappa shape index (κ3) is 2.36. The highest BCUT2D eigenvalue weighted by Crippen LogP contribution is 2.28. The highest BCUT2D eigenvalue weighted by molar-refractivity contribution is 5.80. The van der Waals surface area contributed by atoms with Gasteiger partial charge in [-0.25, -0.2) is 0 Å². The van der Waals surface area contributed by atoms with E-state index >= 15 is 0 Å². The van der Waals surface area contributed by atoms with E-state index in [1.165, 1.54) is 18.2 Å². The fraction of sp³-hybridized carbons (Fsp3) is 0.118. The molecule has 4 heteroatoms. The fourth-order valence-electron chi connectivity index (χ4n) is 2.26. The van der Waals surface area contributed by atoms with Crippen molar-refractivity contribution in [2.75, 3.05) is 7.11 Å². The predicted molar refractivity (Wildman–Crippen MR) is 80.9 cm³/mol. The molecular formula is C17H14O4. The topological polar surface area (TPSA) is 59.7 Å². The zero-order valence-corrected chi connectivity index (χ0v) is 11.7. The van der Waals surface area contributed by atoms with E-state index in [2.05, 4.69) is 0 Å². The molecule has 4 nitrogen and oxygen atoms in total. The number of aromatic hydroxyl groups is 1. The van der Waals surface area contributed by atoms with Crippen LogP contribution in [0.15, 0.2) is 51.7 Å². The summed E-state index contributed by atoms with van der Waals surface area (Å²) in [7, 11) is 1.60. The van der Waals surface area contributed by atoms with Crippen LogP contribution < -0.4 is 10.2 Å². The third-order valence-electron chi connectivity index (χ3n) is 3.41. The van der Waals surface area contributed by atoms with Crippen molar-refractivity contribution >= 4 is 11.0 Å². The van der Waals surface area contributed by atoms with E-state index in [0.717, 1.165) is 16.9 Å². The zero-order valence-electron chi connectivity index (χ0n) is 11.7. The second-order valence-electron chi connectivity index (χ2n) is 4.84. The molecule has 0 fully saturated rings. The molecule has 0 aliphatic rings. The van der Waals surface area contributed by atoms with Gasteiger partial charge in [-0.2, -0.15) is 0 Å². The Labute approximate surface area is 121 Å². The van der Waals surface area contributed by atoms with Crippen molar-refractivity contribution in [2.24, 2.45) is 0 Å². The molecule has 0 bridgehead atoms. The number of hydrogen-bond acceptors (Lipinski definition) is 4. The highest BCUT2D eigenvalue weighted by Gasteiger charge is 2.09. The number of hydrogen-bond donors (Lipinski definition) is 1. The Kier molecular flexibility index (Phi) is 3.14. The van der Waals surface area contributed by atoms with E-state index in [1.54, 1.807) is 13.2 Å². The molecule has 3 aromatic rings. The summed E-state index contributed by atoms with van der Waals surface area (Å²) < 4.78 is 11.0. The van der Waals surface area contributed by atoms with Crippen LogP contribution in [0.2, 0.25) is 0 Å². The molecule has 2 aromatic carbocycles. The maximum atomic E-state index is 12.1. The summed E-state index contributed by atoms with van der Waals surface area (Å²) in [6.45, 7) is 1.94. The molecule has 0 saturated carbocycles. The average Bonchev–Trinajstić information content (AvgIpc) is 2.47. The van der Waals surface area contributed by atoms with Crippen LogP contribution in [0, 0.1) is 6.92 Å². The largest absolute Gasteiger partial charge is 0.508 e. The maximum absolute atomic E-state index is 12.1. The molecule has 1 N–H and O–H groups in total. The lowest BCUT2D eigenvalue weighted by molar-refractivity contribution is 0.411. The lowest BCUT2D eigenvalue weighted by Gasteiger charge is -2.08. The zero-order chi connectivity index (χ0) is 15.0. The van der Waals surface area contributed by atoms with Crippen molar-refractivity contribution < 1.29 is 14.3 Å². The molecule has 0 aliphatic carbocycles. The van der Waals surface area contributed by atoms with Crippen molar-refractivity contribution in [3.8, 4) is 22.8 Å². The molecule has 1 aromatic heterocycles. The Hall–Kier alpha value is -2.75. The highest BCUT2D eigenvalue weighted by atomic mass is 16.5. The Morgan fingerprint density at radius 3 is 2.67 bits per heavy atom. The summed E-state index contributed by atoms with van der Waals surface area (Å²) in [6, 6.07) is 11.5. The molecule has 0 unspecified atom stereocenters. The summed E-state index contributed by atoms with van der Waals surface area (Å²) in [5, 5.41) is 9.96. The van der Waals surface area contributed by atoms with E-state index in [4.69, 9.17) is 9.15 Å². The third-order valence-corrected chi connectivity index (χ3v) is 3.41. The quantitative estimate of drug-likeness (QED) is 0.781.